The van der Waals surface area contributed by atoms with Crippen molar-refractivity contribution in [2.24, 2.45) is 17.8 Å². The van der Waals surface area contributed by atoms with Gasteiger partial charge in [-0.3, -0.25) is 4.79 Å². The normalized spacial score (nSPS) is 25.3. The number of nitrogens with one attached hydrogen (secondary N) is 1. The molecule has 0 saturated heterocycles. The van der Waals surface area contributed by atoms with Gasteiger partial charge in [0.05, 0.1) is 0 Å². The maximum Gasteiger partial charge on any atom is 0.286 e. The second kappa shape index (κ2) is 9.19. The van der Waals surface area contributed by atoms with Crippen LogP contribution < -0.4 is 5.32 Å². The molecule has 3 rings (SSSR count). The summed E-state index contributed by atoms with van der Waals surface area (Å²) in [5, 5.41) is 12.2. The van der Waals surface area contributed by atoms with Crippen molar-refractivity contribution in [1.29, 1.82) is 0 Å². The minimum atomic E-state index is -0.417. The van der Waals surface area contributed by atoms with Gasteiger partial charge in [-0.25, -0.2) is 0 Å². The molecule has 0 bridgehead atoms. The van der Waals surface area contributed by atoms with Gasteiger partial charge in [0.1, 0.15) is 0 Å². The van der Waals surface area contributed by atoms with E-state index in [-0.39, 0.29) is 24.3 Å². The maximum atomic E-state index is 12.6. The van der Waals surface area contributed by atoms with Crippen molar-refractivity contribution in [3.63, 3.8) is 0 Å². The van der Waals surface area contributed by atoms with Crippen LogP contribution >= 0.6 is 0 Å². The standard InChI is InChI=1S/C21H29NO4/c1-2-25-21-17(9-6-12-23)18(16-10-11-16)13-19(26-21)20(24)22-14-15-7-4-3-5-8-15/h3-5,7-8,13,16-18,21,23H,2,6,9-12,14H2,1H3,(H,22,24)/t17-,18+,21+/m1/s1. The van der Waals surface area contributed by atoms with Crippen LogP contribution in [0.5, 0.6) is 0 Å². The van der Waals surface area contributed by atoms with E-state index in [1.165, 1.54) is 12.8 Å². The largest absolute Gasteiger partial charge is 0.459 e. The molecular formula is C21H29NO4. The first-order valence-electron chi connectivity index (χ1n) is 9.66. The molecule has 1 aromatic carbocycles. The van der Waals surface area contributed by atoms with E-state index in [9.17, 15) is 9.90 Å². The van der Waals surface area contributed by atoms with Gasteiger partial charge in [-0.05, 0) is 56.1 Å². The fraction of sp³-hybridized carbons (Fsp3) is 0.571. The zero-order chi connectivity index (χ0) is 18.4. The Morgan fingerprint density at radius 2 is 2.08 bits per heavy atom. The number of allylic oxidation sites excluding steroid dienone is 1. The van der Waals surface area contributed by atoms with E-state index in [1.54, 1.807) is 0 Å². The van der Waals surface area contributed by atoms with Gasteiger partial charge in [0.2, 0.25) is 6.29 Å². The molecule has 1 aromatic rings. The molecule has 1 aliphatic heterocycles. The molecule has 1 saturated carbocycles. The second-order valence-corrected chi connectivity index (χ2v) is 7.09. The lowest BCUT2D eigenvalue weighted by Gasteiger charge is -2.37. The first kappa shape index (κ1) is 18.9. The van der Waals surface area contributed by atoms with E-state index < -0.39 is 6.29 Å². The van der Waals surface area contributed by atoms with Gasteiger partial charge < -0.3 is 19.9 Å². The Bertz CT molecular complexity index is 612. The van der Waals surface area contributed by atoms with Gasteiger partial charge in [-0.15, -0.1) is 0 Å². The van der Waals surface area contributed by atoms with Crippen LogP contribution in [0.4, 0.5) is 0 Å². The van der Waals surface area contributed by atoms with Crippen LogP contribution in [0.3, 0.4) is 0 Å². The maximum absolute atomic E-state index is 12.6. The summed E-state index contributed by atoms with van der Waals surface area (Å²) in [5.41, 5.74) is 1.05. The van der Waals surface area contributed by atoms with Gasteiger partial charge >= 0.3 is 0 Å². The summed E-state index contributed by atoms with van der Waals surface area (Å²) in [6.07, 6.45) is 5.53. The molecule has 0 spiro atoms. The lowest BCUT2D eigenvalue weighted by atomic mass is 9.82. The van der Waals surface area contributed by atoms with Gasteiger partial charge in [-0.1, -0.05) is 30.3 Å². The molecule has 142 valence electrons. The summed E-state index contributed by atoms with van der Waals surface area (Å²) >= 11 is 0. The molecule has 26 heavy (non-hydrogen) atoms. The summed E-state index contributed by atoms with van der Waals surface area (Å²) < 4.78 is 11.8. The van der Waals surface area contributed by atoms with Crippen LogP contribution in [0, 0.1) is 17.8 Å². The Labute approximate surface area is 155 Å². The summed E-state index contributed by atoms with van der Waals surface area (Å²) in [4.78, 5) is 12.6. The van der Waals surface area contributed by atoms with Gasteiger partial charge in [0.15, 0.2) is 5.76 Å². The monoisotopic (exact) mass is 359 g/mol. The van der Waals surface area contributed by atoms with Gasteiger partial charge in [0, 0.05) is 25.7 Å². The quantitative estimate of drug-likeness (QED) is 0.711. The predicted octanol–water partition coefficient (Wildman–Crippen LogP) is 2.99. The third-order valence-electron chi connectivity index (χ3n) is 5.14. The second-order valence-electron chi connectivity index (χ2n) is 7.09. The molecule has 2 aliphatic rings. The van der Waals surface area contributed by atoms with E-state index in [4.69, 9.17) is 9.47 Å². The highest BCUT2D eigenvalue weighted by Crippen LogP contribution is 2.47. The van der Waals surface area contributed by atoms with Crippen molar-refractivity contribution in [1.82, 2.24) is 5.32 Å². The first-order valence-corrected chi connectivity index (χ1v) is 9.66. The van der Waals surface area contributed by atoms with Crippen LogP contribution in [0.2, 0.25) is 0 Å². The number of aliphatic hydroxyl groups excluding tert-OH is 1. The predicted molar refractivity (Wildman–Crippen MR) is 98.9 cm³/mol. The summed E-state index contributed by atoms with van der Waals surface area (Å²) in [7, 11) is 0. The molecule has 0 aromatic heterocycles. The minimum Gasteiger partial charge on any atom is -0.459 e. The number of ether oxygens (including phenoxy) is 2. The topological polar surface area (TPSA) is 67.8 Å². The molecule has 5 heteroatoms. The molecule has 1 aliphatic carbocycles. The van der Waals surface area contributed by atoms with E-state index >= 15 is 0 Å². The Kier molecular flexibility index (Phi) is 6.69. The Balaban J connectivity index is 1.69. The van der Waals surface area contributed by atoms with E-state index in [2.05, 4.69) is 5.32 Å². The van der Waals surface area contributed by atoms with Crippen LogP contribution in [-0.4, -0.2) is 30.5 Å². The third-order valence-corrected chi connectivity index (χ3v) is 5.14. The smallest absolute Gasteiger partial charge is 0.286 e. The lowest BCUT2D eigenvalue weighted by molar-refractivity contribution is -0.173. The number of rotatable bonds is 9. The molecule has 0 radical (unpaired) electrons. The molecule has 2 N–H and O–H groups in total. The average Bonchev–Trinajstić information content (AvgIpc) is 3.51. The zero-order valence-electron chi connectivity index (χ0n) is 15.4. The fourth-order valence-electron chi connectivity index (χ4n) is 3.67. The summed E-state index contributed by atoms with van der Waals surface area (Å²) in [6, 6.07) is 9.84. The highest BCUT2D eigenvalue weighted by atomic mass is 16.7. The van der Waals surface area contributed by atoms with Gasteiger partial charge in [-0.2, -0.15) is 0 Å². The van der Waals surface area contributed by atoms with Crippen LogP contribution in [0.1, 0.15) is 38.2 Å². The number of hydrogen-bond donors (Lipinski definition) is 2. The Hall–Kier alpha value is -1.85. The third kappa shape index (κ3) is 4.86. The zero-order valence-corrected chi connectivity index (χ0v) is 15.4. The molecule has 0 unspecified atom stereocenters. The van der Waals surface area contributed by atoms with Crippen molar-refractivity contribution in [2.75, 3.05) is 13.2 Å². The number of hydrogen-bond acceptors (Lipinski definition) is 4. The van der Waals surface area contributed by atoms with E-state index in [0.29, 0.717) is 24.8 Å². The molecule has 3 atom stereocenters. The summed E-state index contributed by atoms with van der Waals surface area (Å²) in [5.74, 6) is 1.26. The van der Waals surface area contributed by atoms with Crippen molar-refractivity contribution in [3.05, 3.63) is 47.7 Å². The van der Waals surface area contributed by atoms with Gasteiger partial charge in [0.25, 0.3) is 5.91 Å². The molecule has 1 amide bonds. The number of carbonyl (C=O) groups is 1. The van der Waals surface area contributed by atoms with Crippen molar-refractivity contribution in [3.8, 4) is 0 Å². The number of aliphatic hydroxyl groups is 1. The van der Waals surface area contributed by atoms with Crippen molar-refractivity contribution < 1.29 is 19.4 Å². The summed E-state index contributed by atoms with van der Waals surface area (Å²) in [6.45, 7) is 3.12. The van der Waals surface area contributed by atoms with Crippen molar-refractivity contribution in [2.45, 2.75) is 45.4 Å². The van der Waals surface area contributed by atoms with Crippen molar-refractivity contribution >= 4 is 5.91 Å². The molecule has 1 heterocycles. The first-order chi connectivity index (χ1) is 12.7. The van der Waals surface area contributed by atoms with Crippen LogP contribution in [0.15, 0.2) is 42.2 Å². The average molecular weight is 359 g/mol. The highest BCUT2D eigenvalue weighted by Gasteiger charge is 2.43. The highest BCUT2D eigenvalue weighted by molar-refractivity contribution is 5.91. The fourth-order valence-corrected chi connectivity index (χ4v) is 3.67. The van der Waals surface area contributed by atoms with Crippen LogP contribution in [-0.2, 0) is 20.8 Å². The number of amides is 1. The SMILES string of the molecule is CCO[C@H]1OC(C(=O)NCc2ccccc2)=C[C@@H](C2CC2)[C@H]1CCCO. The molecular weight excluding hydrogens is 330 g/mol. The Morgan fingerprint density at radius 1 is 1.31 bits per heavy atom. The van der Waals surface area contributed by atoms with Crippen LogP contribution in [0.25, 0.3) is 0 Å². The lowest BCUT2D eigenvalue weighted by Crippen LogP contribution is -2.40. The number of carbonyl (C=O) groups excluding carboxylic acids is 1. The minimum absolute atomic E-state index is 0.168. The molecule has 1 fully saturated rings. The van der Waals surface area contributed by atoms with E-state index in [0.717, 1.165) is 18.4 Å². The number of benzene rings is 1. The Morgan fingerprint density at radius 3 is 2.73 bits per heavy atom. The molecule has 5 nitrogen and oxygen atoms in total. The van der Waals surface area contributed by atoms with E-state index in [1.807, 2.05) is 43.3 Å².